The Morgan fingerprint density at radius 3 is 2.24 bits per heavy atom. The van der Waals surface area contributed by atoms with E-state index in [1.54, 1.807) is 0 Å². The van der Waals surface area contributed by atoms with Crippen molar-refractivity contribution in [1.82, 2.24) is 4.98 Å². The first-order valence-corrected chi connectivity index (χ1v) is 5.56. The molecular formula is C15H12N2. The molecule has 2 aromatic carbocycles. The van der Waals surface area contributed by atoms with Crippen LogP contribution >= 0.6 is 0 Å². The van der Waals surface area contributed by atoms with Crippen LogP contribution in [0.2, 0.25) is 0 Å². The zero-order valence-corrected chi connectivity index (χ0v) is 9.30. The lowest BCUT2D eigenvalue weighted by Crippen LogP contribution is -1.88. The van der Waals surface area contributed by atoms with Crippen LogP contribution in [-0.4, -0.2) is 4.98 Å². The topological polar surface area (TPSA) is 38.9 Å². The number of hydrogen-bond acceptors (Lipinski definition) is 2. The van der Waals surface area contributed by atoms with Crippen LogP contribution in [0.5, 0.6) is 0 Å². The number of pyridine rings is 1. The van der Waals surface area contributed by atoms with E-state index < -0.39 is 0 Å². The predicted molar refractivity (Wildman–Crippen MR) is 72.5 cm³/mol. The molecule has 3 rings (SSSR count). The number of para-hydroxylation sites is 1. The predicted octanol–water partition coefficient (Wildman–Crippen LogP) is 3.32. The van der Waals surface area contributed by atoms with Crippen molar-refractivity contribution < 1.29 is 0 Å². The summed E-state index contributed by atoms with van der Waals surface area (Å²) in [6.07, 6.45) is 3.37. The lowest BCUT2D eigenvalue weighted by atomic mass is 10.0. The Labute approximate surface area is 99.4 Å². The number of aromatic nitrogens is 1. The number of nitrogens with two attached hydrogens (primary N) is 1. The van der Waals surface area contributed by atoms with Crippen molar-refractivity contribution in [2.75, 3.05) is 0 Å². The van der Waals surface area contributed by atoms with Gasteiger partial charge in [0, 0.05) is 10.8 Å². The van der Waals surface area contributed by atoms with E-state index in [0.29, 0.717) is 0 Å². The average molecular weight is 220 g/mol. The van der Waals surface area contributed by atoms with Crippen LogP contribution < -0.4 is 5.73 Å². The van der Waals surface area contributed by atoms with Crippen LogP contribution in [-0.2, 0) is 0 Å². The summed E-state index contributed by atoms with van der Waals surface area (Å²) < 4.78 is 0. The molecule has 0 aliphatic carbocycles. The van der Waals surface area contributed by atoms with Crippen molar-refractivity contribution in [2.24, 2.45) is 5.73 Å². The molecule has 3 aromatic rings. The SMILES string of the molecule is N/C=C\c1nc2ccccc2c2ccccc12. The highest BCUT2D eigenvalue weighted by Crippen LogP contribution is 2.26. The average Bonchev–Trinajstić information content (AvgIpc) is 2.39. The number of fused-ring (bicyclic) bond motifs is 3. The van der Waals surface area contributed by atoms with Gasteiger partial charge in [0.05, 0.1) is 11.2 Å². The molecule has 82 valence electrons. The maximum atomic E-state index is 5.48. The summed E-state index contributed by atoms with van der Waals surface area (Å²) in [6.45, 7) is 0. The molecule has 2 heteroatoms. The summed E-state index contributed by atoms with van der Waals surface area (Å²) in [5.74, 6) is 0. The quantitative estimate of drug-likeness (QED) is 0.639. The Hall–Kier alpha value is -2.35. The second-order valence-electron chi connectivity index (χ2n) is 3.92. The Morgan fingerprint density at radius 1 is 0.824 bits per heavy atom. The van der Waals surface area contributed by atoms with Crippen molar-refractivity contribution >= 4 is 27.8 Å². The van der Waals surface area contributed by atoms with E-state index in [2.05, 4.69) is 23.2 Å². The Balaban J connectivity index is 2.54. The van der Waals surface area contributed by atoms with Crippen molar-refractivity contribution in [2.45, 2.75) is 0 Å². The first-order valence-electron chi connectivity index (χ1n) is 5.56. The highest BCUT2D eigenvalue weighted by Gasteiger charge is 2.04. The molecule has 0 unspecified atom stereocenters. The summed E-state index contributed by atoms with van der Waals surface area (Å²) in [6, 6.07) is 16.4. The van der Waals surface area contributed by atoms with Crippen LogP contribution in [0.25, 0.3) is 27.8 Å². The fourth-order valence-corrected chi connectivity index (χ4v) is 2.15. The molecule has 1 aromatic heterocycles. The van der Waals surface area contributed by atoms with Gasteiger partial charge in [0.1, 0.15) is 0 Å². The Bertz CT molecular complexity index is 714. The van der Waals surface area contributed by atoms with Gasteiger partial charge in [-0.1, -0.05) is 42.5 Å². The Kier molecular flexibility index (Phi) is 2.26. The smallest absolute Gasteiger partial charge is 0.0730 e. The fraction of sp³-hybridized carbons (Fsp3) is 0. The van der Waals surface area contributed by atoms with E-state index in [1.807, 2.05) is 36.4 Å². The monoisotopic (exact) mass is 220 g/mol. The van der Waals surface area contributed by atoms with Gasteiger partial charge in [-0.25, -0.2) is 4.98 Å². The van der Waals surface area contributed by atoms with Gasteiger partial charge in [0.15, 0.2) is 0 Å². The Morgan fingerprint density at radius 2 is 1.47 bits per heavy atom. The summed E-state index contributed by atoms with van der Waals surface area (Å²) in [4.78, 5) is 4.63. The summed E-state index contributed by atoms with van der Waals surface area (Å²) in [7, 11) is 0. The third kappa shape index (κ3) is 1.54. The maximum Gasteiger partial charge on any atom is 0.0730 e. The molecule has 2 N–H and O–H groups in total. The number of rotatable bonds is 1. The number of benzene rings is 2. The minimum atomic E-state index is 0.918. The zero-order chi connectivity index (χ0) is 11.7. The molecule has 0 aliphatic heterocycles. The first-order chi connectivity index (χ1) is 8.40. The van der Waals surface area contributed by atoms with Gasteiger partial charge in [-0.3, -0.25) is 0 Å². The fourth-order valence-electron chi connectivity index (χ4n) is 2.15. The largest absolute Gasteiger partial charge is 0.405 e. The van der Waals surface area contributed by atoms with Crippen LogP contribution in [0.15, 0.2) is 54.7 Å². The molecule has 1 heterocycles. The van der Waals surface area contributed by atoms with Crippen LogP contribution in [0, 0.1) is 0 Å². The van der Waals surface area contributed by atoms with Crippen LogP contribution in [0.3, 0.4) is 0 Å². The molecule has 0 aliphatic rings. The van der Waals surface area contributed by atoms with E-state index in [-0.39, 0.29) is 0 Å². The molecule has 0 saturated heterocycles. The van der Waals surface area contributed by atoms with Gasteiger partial charge in [0.2, 0.25) is 0 Å². The molecule has 0 atom stereocenters. The van der Waals surface area contributed by atoms with Gasteiger partial charge in [-0.05, 0) is 23.7 Å². The van der Waals surface area contributed by atoms with E-state index in [9.17, 15) is 0 Å². The summed E-state index contributed by atoms with van der Waals surface area (Å²) in [5, 5.41) is 3.52. The number of nitrogens with zero attached hydrogens (tertiary/aromatic N) is 1. The van der Waals surface area contributed by atoms with Crippen molar-refractivity contribution in [3.63, 3.8) is 0 Å². The van der Waals surface area contributed by atoms with E-state index in [4.69, 9.17) is 5.73 Å². The second-order valence-corrected chi connectivity index (χ2v) is 3.92. The van der Waals surface area contributed by atoms with Crippen molar-refractivity contribution in [3.8, 4) is 0 Å². The lowest BCUT2D eigenvalue weighted by molar-refractivity contribution is 1.40. The standard InChI is InChI=1S/C15H12N2/c16-10-9-15-13-6-2-1-5-11(13)12-7-3-4-8-14(12)17-15/h1-10H,16H2/b10-9-. The molecular weight excluding hydrogens is 208 g/mol. The maximum absolute atomic E-state index is 5.48. The highest BCUT2D eigenvalue weighted by molar-refractivity contribution is 6.08. The minimum Gasteiger partial charge on any atom is -0.405 e. The summed E-state index contributed by atoms with van der Waals surface area (Å²) in [5.41, 5.74) is 7.39. The third-order valence-corrected chi connectivity index (χ3v) is 2.89. The van der Waals surface area contributed by atoms with Gasteiger partial charge >= 0.3 is 0 Å². The van der Waals surface area contributed by atoms with E-state index in [0.717, 1.165) is 16.6 Å². The van der Waals surface area contributed by atoms with Gasteiger partial charge in [0.25, 0.3) is 0 Å². The molecule has 0 fully saturated rings. The van der Waals surface area contributed by atoms with Gasteiger partial charge in [-0.2, -0.15) is 0 Å². The molecule has 0 bridgehead atoms. The molecule has 0 spiro atoms. The molecule has 0 saturated carbocycles. The van der Waals surface area contributed by atoms with Crippen molar-refractivity contribution in [1.29, 1.82) is 0 Å². The molecule has 2 nitrogen and oxygen atoms in total. The lowest BCUT2D eigenvalue weighted by Gasteiger charge is -2.06. The molecule has 0 amide bonds. The minimum absolute atomic E-state index is 0.918. The van der Waals surface area contributed by atoms with Crippen molar-refractivity contribution in [3.05, 3.63) is 60.4 Å². The third-order valence-electron chi connectivity index (χ3n) is 2.89. The molecule has 0 radical (unpaired) electrons. The first kappa shape index (κ1) is 9.85. The van der Waals surface area contributed by atoms with E-state index in [1.165, 1.54) is 17.0 Å². The second kappa shape index (κ2) is 3.91. The summed E-state index contributed by atoms with van der Waals surface area (Å²) >= 11 is 0. The van der Waals surface area contributed by atoms with Crippen LogP contribution in [0.4, 0.5) is 0 Å². The molecule has 17 heavy (non-hydrogen) atoms. The van der Waals surface area contributed by atoms with E-state index >= 15 is 0 Å². The van der Waals surface area contributed by atoms with Gasteiger partial charge in [-0.15, -0.1) is 0 Å². The number of hydrogen-bond donors (Lipinski definition) is 1. The van der Waals surface area contributed by atoms with Crippen LogP contribution in [0.1, 0.15) is 5.69 Å². The van der Waals surface area contributed by atoms with Gasteiger partial charge < -0.3 is 5.73 Å². The normalized spacial score (nSPS) is 11.5. The highest BCUT2D eigenvalue weighted by atomic mass is 14.7. The zero-order valence-electron chi connectivity index (χ0n) is 9.30.